The van der Waals surface area contributed by atoms with Crippen molar-refractivity contribution < 1.29 is 27.5 Å². The number of amides is 2. The summed E-state index contributed by atoms with van der Waals surface area (Å²) in [5.41, 5.74) is -0.00328. The fourth-order valence-corrected chi connectivity index (χ4v) is 4.27. The molecule has 3 unspecified atom stereocenters. The molecule has 32 heavy (non-hydrogen) atoms. The Morgan fingerprint density at radius 2 is 2.00 bits per heavy atom. The van der Waals surface area contributed by atoms with Gasteiger partial charge < -0.3 is 10.1 Å². The Balaban J connectivity index is 2.28. The number of nitrogens with one attached hydrogen (secondary N) is 1. The monoisotopic (exact) mass is 470 g/mol. The highest BCUT2D eigenvalue weighted by Gasteiger charge is 2.36. The third-order valence-corrected chi connectivity index (χ3v) is 6.21. The molecule has 0 saturated carbocycles. The zero-order valence-corrected chi connectivity index (χ0v) is 19.0. The Morgan fingerprint density at radius 1 is 1.31 bits per heavy atom. The van der Waals surface area contributed by atoms with Crippen molar-refractivity contribution in [1.82, 2.24) is 5.32 Å². The molecule has 0 spiro atoms. The summed E-state index contributed by atoms with van der Waals surface area (Å²) in [6.45, 7) is 6.16. The topological polar surface area (TPSA) is 84.8 Å². The maximum Gasteiger partial charge on any atom is 0.412 e. The molecular formula is C22H25F3N2O4S. The highest BCUT2D eigenvalue weighted by molar-refractivity contribution is 8.04. The highest BCUT2D eigenvalue weighted by Crippen LogP contribution is 2.44. The third kappa shape index (κ3) is 6.44. The van der Waals surface area contributed by atoms with Gasteiger partial charge in [0, 0.05) is 16.0 Å². The van der Waals surface area contributed by atoms with Gasteiger partial charge in [0.25, 0.3) is 5.91 Å². The van der Waals surface area contributed by atoms with Gasteiger partial charge >= 0.3 is 12.1 Å². The van der Waals surface area contributed by atoms with Gasteiger partial charge in [0.05, 0.1) is 11.5 Å². The van der Waals surface area contributed by atoms with Crippen molar-refractivity contribution in [2.45, 2.75) is 51.6 Å². The molecule has 0 aromatic heterocycles. The van der Waals surface area contributed by atoms with Crippen molar-refractivity contribution in [1.29, 1.82) is 0 Å². The van der Waals surface area contributed by atoms with Crippen LogP contribution in [0.25, 0.3) is 0 Å². The van der Waals surface area contributed by atoms with Crippen LogP contribution in [0.5, 0.6) is 0 Å². The second-order valence-corrected chi connectivity index (χ2v) is 8.96. The summed E-state index contributed by atoms with van der Waals surface area (Å²) in [6.07, 6.45) is 3.52. The van der Waals surface area contributed by atoms with Crippen LogP contribution in [-0.4, -0.2) is 35.9 Å². The van der Waals surface area contributed by atoms with E-state index >= 15 is 0 Å². The minimum absolute atomic E-state index is 0.0194. The number of allylic oxidation sites excluding steroid dienone is 5. The SMILES string of the molecule is CCC(NC(=O)C1=C(OC/C(C)=C/C=C(\C)C(F)(F)F)C2C=C(C)SC2C=C1)C(=O)N=O. The lowest BCUT2D eigenvalue weighted by atomic mass is 9.92. The molecule has 1 aliphatic carbocycles. The molecule has 1 heterocycles. The van der Waals surface area contributed by atoms with Crippen LogP contribution in [0.3, 0.4) is 0 Å². The Hall–Kier alpha value is -2.62. The molecule has 0 fully saturated rings. The smallest absolute Gasteiger partial charge is 0.412 e. The lowest BCUT2D eigenvalue weighted by Gasteiger charge is -2.26. The number of halogens is 3. The van der Waals surface area contributed by atoms with Gasteiger partial charge in [0.15, 0.2) is 0 Å². The van der Waals surface area contributed by atoms with E-state index in [1.807, 2.05) is 19.1 Å². The quantitative estimate of drug-likeness (QED) is 0.394. The fraction of sp³-hybridized carbons (Fsp3) is 0.455. The van der Waals surface area contributed by atoms with E-state index in [2.05, 4.69) is 10.5 Å². The second kappa shape index (κ2) is 10.8. The summed E-state index contributed by atoms with van der Waals surface area (Å²) in [7, 11) is 0. The van der Waals surface area contributed by atoms with E-state index in [4.69, 9.17) is 4.74 Å². The Kier molecular flexibility index (Phi) is 8.65. The number of carbonyl (C=O) groups excluding carboxylic acids is 2. The molecule has 2 rings (SSSR count). The van der Waals surface area contributed by atoms with E-state index < -0.39 is 29.6 Å². The van der Waals surface area contributed by atoms with Gasteiger partial charge in [-0.05, 0) is 43.7 Å². The standard InChI is InChI=1S/C22H25F3N2O4S/c1-5-17(21(29)27-30)26-20(28)15-8-9-18-16(10-14(4)32-18)19(15)31-11-12(2)6-7-13(3)22(23,24)25/h6-10,16-18H,5,11H2,1-4H3,(H,26,28)/b12-6+,13-7+. The lowest BCUT2D eigenvalue weighted by Crippen LogP contribution is -2.41. The number of rotatable bonds is 8. The number of nitrogens with zero attached hydrogens (tertiary/aromatic N) is 1. The van der Waals surface area contributed by atoms with E-state index in [1.165, 1.54) is 6.08 Å². The normalized spacial score (nSPS) is 22.3. The summed E-state index contributed by atoms with van der Waals surface area (Å²) >= 11 is 1.61. The van der Waals surface area contributed by atoms with Crippen molar-refractivity contribution in [2.24, 2.45) is 11.1 Å². The highest BCUT2D eigenvalue weighted by atomic mass is 32.2. The molecule has 6 nitrogen and oxygen atoms in total. The van der Waals surface area contributed by atoms with Gasteiger partial charge in [0.2, 0.25) is 0 Å². The van der Waals surface area contributed by atoms with Crippen LogP contribution in [0.15, 0.2) is 62.9 Å². The molecule has 1 aliphatic heterocycles. The number of hydrogen-bond donors (Lipinski definition) is 1. The summed E-state index contributed by atoms with van der Waals surface area (Å²) in [4.78, 5) is 36.1. The van der Waals surface area contributed by atoms with E-state index in [1.54, 1.807) is 31.7 Å². The minimum Gasteiger partial charge on any atom is -0.492 e. The number of thioether (sulfide) groups is 1. The third-order valence-electron chi connectivity index (χ3n) is 4.98. The van der Waals surface area contributed by atoms with E-state index in [9.17, 15) is 27.7 Å². The average molecular weight is 471 g/mol. The first kappa shape index (κ1) is 25.6. The lowest BCUT2D eigenvalue weighted by molar-refractivity contribution is -0.125. The van der Waals surface area contributed by atoms with Gasteiger partial charge in [-0.15, -0.1) is 16.7 Å². The van der Waals surface area contributed by atoms with Crippen molar-refractivity contribution in [2.75, 3.05) is 6.61 Å². The Morgan fingerprint density at radius 3 is 2.59 bits per heavy atom. The van der Waals surface area contributed by atoms with Crippen molar-refractivity contribution >= 4 is 23.6 Å². The van der Waals surface area contributed by atoms with Crippen LogP contribution >= 0.6 is 11.8 Å². The summed E-state index contributed by atoms with van der Waals surface area (Å²) in [6, 6.07) is -1.05. The number of carbonyl (C=O) groups is 2. The Bertz CT molecular complexity index is 932. The number of ether oxygens (including phenoxy) is 1. The second-order valence-electron chi connectivity index (χ2n) is 7.54. The zero-order chi connectivity index (χ0) is 24.1. The van der Waals surface area contributed by atoms with Crippen LogP contribution in [0.4, 0.5) is 13.2 Å². The van der Waals surface area contributed by atoms with Crippen LogP contribution in [0.1, 0.15) is 34.1 Å². The Labute approximate surface area is 188 Å². The minimum atomic E-state index is -4.40. The molecule has 10 heteroatoms. The molecule has 174 valence electrons. The maximum atomic E-state index is 12.9. The summed E-state index contributed by atoms with van der Waals surface area (Å²) in [5.74, 6) is -1.42. The molecule has 0 aromatic rings. The largest absolute Gasteiger partial charge is 0.492 e. The summed E-state index contributed by atoms with van der Waals surface area (Å²) in [5, 5.41) is 4.91. The molecule has 0 radical (unpaired) electrons. The first-order chi connectivity index (χ1) is 15.0. The van der Waals surface area contributed by atoms with Crippen molar-refractivity contribution in [3.8, 4) is 0 Å². The van der Waals surface area contributed by atoms with Crippen LogP contribution in [0, 0.1) is 10.8 Å². The van der Waals surface area contributed by atoms with Gasteiger partial charge in [0.1, 0.15) is 18.4 Å². The maximum absolute atomic E-state index is 12.9. The predicted molar refractivity (Wildman–Crippen MR) is 117 cm³/mol. The molecule has 0 saturated heterocycles. The molecule has 2 amide bonds. The van der Waals surface area contributed by atoms with E-state index in [0.717, 1.165) is 17.9 Å². The number of nitroso groups, excluding NO2 is 1. The average Bonchev–Trinajstić information content (AvgIpc) is 3.12. The van der Waals surface area contributed by atoms with Crippen LogP contribution < -0.4 is 5.32 Å². The van der Waals surface area contributed by atoms with Gasteiger partial charge in [-0.2, -0.15) is 13.2 Å². The first-order valence-corrected chi connectivity index (χ1v) is 10.8. The zero-order valence-electron chi connectivity index (χ0n) is 18.2. The molecule has 3 atom stereocenters. The number of hydrogen-bond acceptors (Lipinski definition) is 5. The molecule has 1 N–H and O–H groups in total. The molecule has 2 aliphatic rings. The molecular weight excluding hydrogens is 445 g/mol. The number of alkyl halides is 3. The molecule has 0 aromatic carbocycles. The summed E-state index contributed by atoms with van der Waals surface area (Å²) < 4.78 is 43.9. The molecule has 0 bridgehead atoms. The van der Waals surface area contributed by atoms with E-state index in [-0.39, 0.29) is 29.8 Å². The van der Waals surface area contributed by atoms with Crippen molar-refractivity contribution in [3.05, 3.63) is 62.7 Å². The van der Waals surface area contributed by atoms with Crippen LogP contribution in [-0.2, 0) is 14.3 Å². The van der Waals surface area contributed by atoms with Gasteiger partial charge in [-0.25, -0.2) is 0 Å². The van der Waals surface area contributed by atoms with Gasteiger partial charge in [-0.1, -0.05) is 31.2 Å². The van der Waals surface area contributed by atoms with E-state index in [0.29, 0.717) is 11.3 Å². The fourth-order valence-electron chi connectivity index (χ4n) is 3.11. The van der Waals surface area contributed by atoms with Gasteiger partial charge in [-0.3, -0.25) is 9.59 Å². The first-order valence-electron chi connectivity index (χ1n) is 9.97. The van der Waals surface area contributed by atoms with Crippen molar-refractivity contribution in [3.63, 3.8) is 0 Å². The predicted octanol–water partition coefficient (Wildman–Crippen LogP) is 5.11. The van der Waals surface area contributed by atoms with Crippen LogP contribution in [0.2, 0.25) is 0 Å². The number of fused-ring (bicyclic) bond motifs is 1.